The van der Waals surface area contributed by atoms with Crippen LogP contribution in [0.1, 0.15) is 67.1 Å². The first-order valence-electron chi connectivity index (χ1n) is 11.0. The smallest absolute Gasteiger partial charge is 0.232 e. The highest BCUT2D eigenvalue weighted by molar-refractivity contribution is 7.15. The third-order valence-electron chi connectivity index (χ3n) is 6.41. The van der Waals surface area contributed by atoms with E-state index in [1.165, 1.54) is 22.7 Å². The molecule has 2 saturated carbocycles. The number of hydrogen-bond acceptors (Lipinski definition) is 9. The summed E-state index contributed by atoms with van der Waals surface area (Å²) in [5, 5.41) is 29.9. The molecular formula is C21H26N8O2S2. The van der Waals surface area contributed by atoms with Crippen molar-refractivity contribution in [3.8, 4) is 0 Å². The van der Waals surface area contributed by atoms with Crippen LogP contribution in [0.4, 0.5) is 10.3 Å². The van der Waals surface area contributed by atoms with Crippen LogP contribution < -0.4 is 10.6 Å². The van der Waals surface area contributed by atoms with Crippen molar-refractivity contribution < 1.29 is 9.59 Å². The van der Waals surface area contributed by atoms with E-state index in [1.54, 1.807) is 4.68 Å². The molecule has 12 heteroatoms. The van der Waals surface area contributed by atoms with E-state index in [2.05, 4.69) is 36.1 Å². The van der Waals surface area contributed by atoms with Crippen LogP contribution in [0.3, 0.4) is 0 Å². The number of nitrogens with one attached hydrogen (secondary N) is 2. The number of hydrogen-bond donors (Lipinski definition) is 2. The van der Waals surface area contributed by atoms with E-state index in [1.807, 2.05) is 33.2 Å². The maximum Gasteiger partial charge on any atom is 0.232 e. The van der Waals surface area contributed by atoms with Gasteiger partial charge < -0.3 is 10.6 Å². The molecule has 0 bridgehead atoms. The number of carbonyl (C=O) groups is 2. The third-order valence-corrected chi connectivity index (χ3v) is 8.41. The zero-order chi connectivity index (χ0) is 23.2. The lowest BCUT2D eigenvalue weighted by molar-refractivity contribution is -0.119. The number of nitrogens with zero attached hydrogens (tertiary/aromatic N) is 6. The monoisotopic (exact) mass is 486 g/mol. The van der Waals surface area contributed by atoms with Gasteiger partial charge in [-0.1, -0.05) is 36.5 Å². The highest BCUT2D eigenvalue weighted by Gasteiger charge is 2.55. The highest BCUT2D eigenvalue weighted by Crippen LogP contribution is 2.66. The fraction of sp³-hybridized carbons (Fsp3) is 0.571. The summed E-state index contributed by atoms with van der Waals surface area (Å²) in [6.45, 7) is 3.72. The molecule has 2 fully saturated rings. The van der Waals surface area contributed by atoms with Crippen LogP contribution >= 0.6 is 22.7 Å². The molecule has 0 atom stereocenters. The molecule has 0 aromatic carbocycles. The molecule has 2 N–H and O–H groups in total. The number of rotatable bonds is 7. The zero-order valence-electron chi connectivity index (χ0n) is 18.7. The average Bonchev–Trinajstić information content (AvgIpc) is 3.42. The van der Waals surface area contributed by atoms with Gasteiger partial charge in [-0.25, -0.2) is 0 Å². The first kappa shape index (κ1) is 22.1. The van der Waals surface area contributed by atoms with Crippen LogP contribution in [0.2, 0.25) is 0 Å². The molecule has 2 amide bonds. The number of anilines is 2. The van der Waals surface area contributed by atoms with Crippen molar-refractivity contribution >= 4 is 44.8 Å². The molecule has 3 heterocycles. The maximum atomic E-state index is 12.2. The van der Waals surface area contributed by atoms with Crippen molar-refractivity contribution in [3.63, 3.8) is 0 Å². The van der Waals surface area contributed by atoms with E-state index in [-0.39, 0.29) is 24.2 Å². The summed E-state index contributed by atoms with van der Waals surface area (Å²) >= 11 is 2.95. The van der Waals surface area contributed by atoms with Crippen molar-refractivity contribution in [2.45, 2.75) is 57.8 Å². The van der Waals surface area contributed by atoms with Crippen LogP contribution in [-0.4, -0.2) is 42.0 Å². The van der Waals surface area contributed by atoms with Gasteiger partial charge in [-0.05, 0) is 37.2 Å². The van der Waals surface area contributed by atoms with Gasteiger partial charge in [0.15, 0.2) is 0 Å². The molecule has 3 aromatic heterocycles. The Bertz CT molecular complexity index is 1170. The van der Waals surface area contributed by atoms with E-state index >= 15 is 0 Å². The molecule has 0 aliphatic heterocycles. The second kappa shape index (κ2) is 8.56. The van der Waals surface area contributed by atoms with Crippen LogP contribution in [-0.2, 0) is 23.1 Å². The summed E-state index contributed by atoms with van der Waals surface area (Å²) in [5.74, 6) is 0.578. The third kappa shape index (κ3) is 4.67. The summed E-state index contributed by atoms with van der Waals surface area (Å²) in [7, 11) is 1.83. The van der Waals surface area contributed by atoms with Gasteiger partial charge in [0.05, 0.1) is 12.1 Å². The van der Waals surface area contributed by atoms with Crippen molar-refractivity contribution in [2.24, 2.45) is 18.4 Å². The molecule has 2 aliphatic rings. The van der Waals surface area contributed by atoms with Gasteiger partial charge in [0, 0.05) is 31.0 Å². The number of carbonyl (C=O) groups excluding carboxylic acids is 2. The van der Waals surface area contributed by atoms with E-state index in [4.69, 9.17) is 0 Å². The minimum absolute atomic E-state index is 0.0334. The molecule has 5 rings (SSSR count). The summed E-state index contributed by atoms with van der Waals surface area (Å²) in [4.78, 5) is 24.1. The first-order valence-corrected chi connectivity index (χ1v) is 12.7. The van der Waals surface area contributed by atoms with Gasteiger partial charge in [-0.3, -0.25) is 14.3 Å². The molecular weight excluding hydrogens is 460 g/mol. The van der Waals surface area contributed by atoms with Crippen LogP contribution in [0.25, 0.3) is 0 Å². The Morgan fingerprint density at radius 3 is 2.12 bits per heavy atom. The summed E-state index contributed by atoms with van der Waals surface area (Å²) in [6, 6.07) is 1.83. The Morgan fingerprint density at radius 1 is 1.03 bits per heavy atom. The average molecular weight is 487 g/mol. The molecule has 0 radical (unpaired) electrons. The lowest BCUT2D eigenvalue weighted by atomic mass is 9.48. The molecule has 2 aliphatic carbocycles. The van der Waals surface area contributed by atoms with Gasteiger partial charge in [0.1, 0.15) is 10.0 Å². The predicted molar refractivity (Wildman–Crippen MR) is 125 cm³/mol. The van der Waals surface area contributed by atoms with Crippen molar-refractivity contribution in [2.75, 3.05) is 10.6 Å². The standard InChI is InChI=1S/C21H26N8O2S2/c1-11(2)16(31)23-20-27-25-18(33-20)13-9-21(10-13)7-12(8-21)17-24-26-19(32-17)22-15(30)6-14-4-5-29(3)28-14/h4-5,11-13H,6-10H2,1-3H3,(H,22,26,30)(H,23,27,31). The van der Waals surface area contributed by atoms with E-state index in [0.717, 1.165) is 41.4 Å². The second-order valence-electron chi connectivity index (χ2n) is 9.45. The predicted octanol–water partition coefficient (Wildman–Crippen LogP) is 3.34. The Balaban J connectivity index is 1.09. The summed E-state index contributed by atoms with van der Waals surface area (Å²) in [6.07, 6.45) is 6.42. The lowest BCUT2D eigenvalue weighted by Gasteiger charge is -2.56. The topological polar surface area (TPSA) is 128 Å². The van der Waals surface area contributed by atoms with Gasteiger partial charge in [-0.15, -0.1) is 20.4 Å². The molecule has 1 spiro atoms. The van der Waals surface area contributed by atoms with E-state index < -0.39 is 0 Å². The highest BCUT2D eigenvalue weighted by atomic mass is 32.1. The molecule has 3 aromatic rings. The van der Waals surface area contributed by atoms with Crippen LogP contribution in [0.15, 0.2) is 12.3 Å². The van der Waals surface area contributed by atoms with Gasteiger partial charge >= 0.3 is 0 Å². The van der Waals surface area contributed by atoms with Gasteiger partial charge in [-0.2, -0.15) is 5.10 Å². The lowest BCUT2D eigenvalue weighted by Crippen LogP contribution is -2.45. The number of amides is 2. The number of aryl methyl sites for hydroxylation is 1. The Kier molecular flexibility index (Phi) is 5.73. The van der Waals surface area contributed by atoms with E-state index in [9.17, 15) is 9.59 Å². The number of aromatic nitrogens is 6. The summed E-state index contributed by atoms with van der Waals surface area (Å²) < 4.78 is 1.68. The molecule has 0 unspecified atom stereocenters. The maximum absolute atomic E-state index is 12.2. The molecule has 0 saturated heterocycles. The minimum Gasteiger partial charge on any atom is -0.300 e. The van der Waals surface area contributed by atoms with Crippen LogP contribution in [0, 0.1) is 11.3 Å². The van der Waals surface area contributed by atoms with Gasteiger partial charge in [0.2, 0.25) is 22.1 Å². The van der Waals surface area contributed by atoms with Crippen molar-refractivity contribution in [1.82, 2.24) is 30.2 Å². The zero-order valence-corrected chi connectivity index (χ0v) is 20.4. The Labute approximate surface area is 199 Å². The SMILES string of the molecule is CC(C)C(=O)Nc1nnc(C2CC3(CC(c4nnc(NC(=O)Cc5ccn(C)n5)s4)C3)C2)s1. The fourth-order valence-corrected chi connectivity index (χ4v) is 6.40. The Hall–Kier alpha value is -2.73. The minimum atomic E-state index is -0.135. The first-order chi connectivity index (χ1) is 15.8. The van der Waals surface area contributed by atoms with Gasteiger partial charge in [0.25, 0.3) is 0 Å². The summed E-state index contributed by atoms with van der Waals surface area (Å²) in [5.41, 5.74) is 1.08. The largest absolute Gasteiger partial charge is 0.300 e. The quantitative estimate of drug-likeness (QED) is 0.524. The molecule has 174 valence electrons. The van der Waals surface area contributed by atoms with Crippen molar-refractivity contribution in [3.05, 3.63) is 28.0 Å². The van der Waals surface area contributed by atoms with Crippen LogP contribution in [0.5, 0.6) is 0 Å². The molecule has 33 heavy (non-hydrogen) atoms. The Morgan fingerprint density at radius 2 is 1.61 bits per heavy atom. The normalized spacial score (nSPS) is 23.9. The fourth-order valence-electron chi connectivity index (χ4n) is 4.69. The van der Waals surface area contributed by atoms with E-state index in [0.29, 0.717) is 27.5 Å². The molecule has 10 nitrogen and oxygen atoms in total. The van der Waals surface area contributed by atoms with Crippen molar-refractivity contribution in [1.29, 1.82) is 0 Å². The second-order valence-corrected chi connectivity index (χ2v) is 11.5.